The number of hydrogen-bond donors (Lipinski definition) is 1. The van der Waals surface area contributed by atoms with Gasteiger partial charge in [0.25, 0.3) is 0 Å². The Bertz CT molecular complexity index is 248. The highest BCUT2D eigenvalue weighted by atomic mass is 14.8. The van der Waals surface area contributed by atoms with Crippen LogP contribution in [0.3, 0.4) is 0 Å². The van der Waals surface area contributed by atoms with Crippen LogP contribution < -0.4 is 5.32 Å². The van der Waals surface area contributed by atoms with E-state index in [1.165, 1.54) is 11.1 Å². The molecule has 0 heterocycles. The molecule has 0 radical (unpaired) electrons. The maximum absolute atomic E-state index is 3.71. The van der Waals surface area contributed by atoms with Gasteiger partial charge in [0.05, 0.1) is 0 Å². The summed E-state index contributed by atoms with van der Waals surface area (Å²) in [5.41, 5.74) is 2.48. The van der Waals surface area contributed by atoms with Crippen LogP contribution in [0.25, 0.3) is 6.08 Å². The molecule has 1 aromatic carbocycles. The van der Waals surface area contributed by atoms with Crippen LogP contribution in [0.4, 0.5) is 0 Å². The smallest absolute Gasteiger partial charge is 0.0289 e. The molecule has 0 saturated heterocycles. The molecule has 0 bridgehead atoms. The first-order chi connectivity index (χ1) is 5.77. The fraction of sp³-hybridized carbons (Fsp3) is 0.273. The Morgan fingerprint density at radius 1 is 1.33 bits per heavy atom. The molecule has 0 fully saturated rings. The lowest BCUT2D eigenvalue weighted by molar-refractivity contribution is 0.652. The van der Waals surface area contributed by atoms with Crippen LogP contribution in [-0.2, 0) is 0 Å². The summed E-state index contributed by atoms with van der Waals surface area (Å²) in [4.78, 5) is 0. The summed E-state index contributed by atoms with van der Waals surface area (Å²) in [6.45, 7) is 5.85. The molecular formula is C11H15N. The van der Waals surface area contributed by atoms with Gasteiger partial charge in [0.1, 0.15) is 0 Å². The molecule has 12 heavy (non-hydrogen) atoms. The Morgan fingerprint density at radius 3 is 2.33 bits per heavy atom. The summed E-state index contributed by atoms with van der Waals surface area (Å²) in [6.07, 6.45) is 1.85. The third kappa shape index (κ3) is 1.95. The van der Waals surface area contributed by atoms with Gasteiger partial charge in [0, 0.05) is 6.04 Å². The van der Waals surface area contributed by atoms with Crippen LogP contribution in [0.1, 0.15) is 24.1 Å². The van der Waals surface area contributed by atoms with Gasteiger partial charge in [-0.15, -0.1) is 0 Å². The van der Waals surface area contributed by atoms with Crippen molar-refractivity contribution in [1.82, 2.24) is 5.32 Å². The molecular weight excluding hydrogens is 146 g/mol. The van der Waals surface area contributed by atoms with Crippen LogP contribution >= 0.6 is 0 Å². The molecule has 64 valence electrons. The van der Waals surface area contributed by atoms with Crippen molar-refractivity contribution in [3.05, 3.63) is 42.0 Å². The van der Waals surface area contributed by atoms with E-state index in [0.29, 0.717) is 6.04 Å². The standard InChI is InChI=1S/C11H15N/c1-4-10-5-7-11(8-6-10)9(2)12-3/h4-9,12H,1H2,2-3H3/t9-/m0/s1. The molecule has 0 amide bonds. The van der Waals surface area contributed by atoms with E-state index >= 15 is 0 Å². The highest BCUT2D eigenvalue weighted by Crippen LogP contribution is 2.12. The average molecular weight is 161 g/mol. The zero-order valence-electron chi connectivity index (χ0n) is 7.67. The Balaban J connectivity index is 2.84. The monoisotopic (exact) mass is 161 g/mol. The SMILES string of the molecule is C=Cc1ccc([C@H](C)NC)cc1. The van der Waals surface area contributed by atoms with Crippen LogP contribution in [0.2, 0.25) is 0 Å². The average Bonchev–Trinajstić information content (AvgIpc) is 2.17. The lowest BCUT2D eigenvalue weighted by Gasteiger charge is -2.09. The number of hydrogen-bond acceptors (Lipinski definition) is 1. The van der Waals surface area contributed by atoms with E-state index in [1.54, 1.807) is 0 Å². The van der Waals surface area contributed by atoms with Gasteiger partial charge in [-0.05, 0) is 25.1 Å². The van der Waals surface area contributed by atoms with E-state index in [9.17, 15) is 0 Å². The zero-order valence-corrected chi connectivity index (χ0v) is 7.67. The van der Waals surface area contributed by atoms with Gasteiger partial charge in [-0.1, -0.05) is 36.9 Å². The van der Waals surface area contributed by atoms with Crippen molar-refractivity contribution >= 4 is 6.08 Å². The fourth-order valence-corrected chi connectivity index (χ4v) is 1.09. The number of benzene rings is 1. The Kier molecular flexibility index (Phi) is 3.06. The van der Waals surface area contributed by atoms with Gasteiger partial charge < -0.3 is 5.32 Å². The largest absolute Gasteiger partial charge is 0.313 e. The first-order valence-corrected chi connectivity index (χ1v) is 4.17. The van der Waals surface area contributed by atoms with E-state index in [-0.39, 0.29) is 0 Å². The second-order valence-electron chi connectivity index (χ2n) is 2.88. The van der Waals surface area contributed by atoms with Crippen molar-refractivity contribution in [3.63, 3.8) is 0 Å². The molecule has 0 spiro atoms. The van der Waals surface area contributed by atoms with Crippen molar-refractivity contribution in [2.75, 3.05) is 7.05 Å². The van der Waals surface area contributed by atoms with Crippen molar-refractivity contribution in [1.29, 1.82) is 0 Å². The first-order valence-electron chi connectivity index (χ1n) is 4.17. The summed E-state index contributed by atoms with van der Waals surface area (Å²) in [5, 5.41) is 3.19. The Labute approximate surface area is 74.1 Å². The molecule has 1 nitrogen and oxygen atoms in total. The summed E-state index contributed by atoms with van der Waals surface area (Å²) < 4.78 is 0. The lowest BCUT2D eigenvalue weighted by Crippen LogP contribution is -2.11. The predicted molar refractivity (Wildman–Crippen MR) is 54.0 cm³/mol. The maximum Gasteiger partial charge on any atom is 0.0289 e. The van der Waals surface area contributed by atoms with E-state index < -0.39 is 0 Å². The van der Waals surface area contributed by atoms with Crippen LogP contribution in [-0.4, -0.2) is 7.05 Å². The molecule has 1 aromatic rings. The second kappa shape index (κ2) is 4.07. The van der Waals surface area contributed by atoms with Crippen molar-refractivity contribution in [2.45, 2.75) is 13.0 Å². The van der Waals surface area contributed by atoms with E-state index in [0.717, 1.165) is 0 Å². The van der Waals surface area contributed by atoms with E-state index in [2.05, 4.69) is 43.1 Å². The van der Waals surface area contributed by atoms with Crippen LogP contribution in [0.5, 0.6) is 0 Å². The summed E-state index contributed by atoms with van der Waals surface area (Å²) in [7, 11) is 1.96. The Hall–Kier alpha value is -1.08. The molecule has 0 aliphatic rings. The third-order valence-corrected chi connectivity index (χ3v) is 2.11. The minimum absolute atomic E-state index is 0.420. The molecule has 1 heteroatoms. The molecule has 0 aromatic heterocycles. The van der Waals surface area contributed by atoms with E-state index in [1.807, 2.05) is 13.1 Å². The van der Waals surface area contributed by atoms with Gasteiger partial charge in [0.2, 0.25) is 0 Å². The van der Waals surface area contributed by atoms with Crippen molar-refractivity contribution in [3.8, 4) is 0 Å². The topological polar surface area (TPSA) is 12.0 Å². The molecule has 0 saturated carbocycles. The first kappa shape index (κ1) is 9.01. The highest BCUT2D eigenvalue weighted by Gasteiger charge is 1.99. The van der Waals surface area contributed by atoms with Crippen molar-refractivity contribution < 1.29 is 0 Å². The summed E-state index contributed by atoms with van der Waals surface area (Å²) in [6, 6.07) is 8.83. The minimum Gasteiger partial charge on any atom is -0.313 e. The maximum atomic E-state index is 3.71. The van der Waals surface area contributed by atoms with Crippen LogP contribution in [0.15, 0.2) is 30.8 Å². The van der Waals surface area contributed by atoms with Gasteiger partial charge in [-0.3, -0.25) is 0 Å². The van der Waals surface area contributed by atoms with Gasteiger partial charge in [-0.2, -0.15) is 0 Å². The second-order valence-corrected chi connectivity index (χ2v) is 2.88. The zero-order chi connectivity index (χ0) is 8.97. The van der Waals surface area contributed by atoms with Crippen LogP contribution in [0, 0.1) is 0 Å². The Morgan fingerprint density at radius 2 is 1.92 bits per heavy atom. The predicted octanol–water partition coefficient (Wildman–Crippen LogP) is 2.61. The lowest BCUT2D eigenvalue weighted by atomic mass is 10.1. The minimum atomic E-state index is 0.420. The van der Waals surface area contributed by atoms with Gasteiger partial charge in [0.15, 0.2) is 0 Å². The van der Waals surface area contributed by atoms with Gasteiger partial charge in [-0.25, -0.2) is 0 Å². The number of nitrogens with one attached hydrogen (secondary N) is 1. The summed E-state index contributed by atoms with van der Waals surface area (Å²) >= 11 is 0. The molecule has 1 N–H and O–H groups in total. The highest BCUT2D eigenvalue weighted by molar-refractivity contribution is 5.47. The fourth-order valence-electron chi connectivity index (χ4n) is 1.09. The van der Waals surface area contributed by atoms with E-state index in [4.69, 9.17) is 0 Å². The normalized spacial score (nSPS) is 12.5. The number of rotatable bonds is 3. The molecule has 0 aliphatic heterocycles. The molecule has 0 aliphatic carbocycles. The van der Waals surface area contributed by atoms with Crippen molar-refractivity contribution in [2.24, 2.45) is 0 Å². The molecule has 1 atom stereocenters. The summed E-state index contributed by atoms with van der Waals surface area (Å²) in [5.74, 6) is 0. The molecule has 1 rings (SSSR count). The quantitative estimate of drug-likeness (QED) is 0.718. The third-order valence-electron chi connectivity index (χ3n) is 2.11. The molecule has 0 unspecified atom stereocenters. The van der Waals surface area contributed by atoms with Gasteiger partial charge >= 0.3 is 0 Å².